The fourth-order valence-electron chi connectivity index (χ4n) is 2.31. The molecule has 0 aliphatic rings. The number of nitrogens with one attached hydrogen (secondary N) is 1. The Hall–Kier alpha value is -1.62. The SMILES string of the molecule is C=CCSc1nnc(NC(=O)[C@@H](CC)N(c2cccc(Cl)c2)S(C)(=O)=O)s1. The lowest BCUT2D eigenvalue weighted by atomic mass is 10.2. The molecular weight excluding hydrogens is 428 g/mol. The molecule has 7 nitrogen and oxygen atoms in total. The van der Waals surface area contributed by atoms with E-state index in [1.807, 2.05) is 0 Å². The van der Waals surface area contributed by atoms with E-state index < -0.39 is 22.0 Å². The average molecular weight is 447 g/mol. The molecule has 0 fully saturated rings. The zero-order valence-corrected chi connectivity index (χ0v) is 18.0. The van der Waals surface area contributed by atoms with E-state index in [1.54, 1.807) is 31.2 Å². The van der Waals surface area contributed by atoms with Gasteiger partial charge < -0.3 is 0 Å². The number of aromatic nitrogens is 2. The lowest BCUT2D eigenvalue weighted by molar-refractivity contribution is -0.117. The van der Waals surface area contributed by atoms with Gasteiger partial charge in [0.1, 0.15) is 6.04 Å². The summed E-state index contributed by atoms with van der Waals surface area (Å²) < 4.78 is 26.5. The van der Waals surface area contributed by atoms with Gasteiger partial charge in [0, 0.05) is 10.8 Å². The molecule has 1 N–H and O–H groups in total. The summed E-state index contributed by atoms with van der Waals surface area (Å²) in [5, 5.41) is 11.2. The summed E-state index contributed by atoms with van der Waals surface area (Å²) in [4.78, 5) is 12.8. The second-order valence-corrected chi connectivity index (χ2v) is 9.97. The topological polar surface area (TPSA) is 92.3 Å². The molecule has 1 amide bonds. The van der Waals surface area contributed by atoms with E-state index in [0.29, 0.717) is 25.9 Å². The van der Waals surface area contributed by atoms with E-state index in [4.69, 9.17) is 11.6 Å². The number of thioether (sulfide) groups is 1. The van der Waals surface area contributed by atoms with Gasteiger partial charge in [-0.05, 0) is 24.6 Å². The van der Waals surface area contributed by atoms with Crippen molar-refractivity contribution in [2.24, 2.45) is 0 Å². The van der Waals surface area contributed by atoms with Crippen LogP contribution in [0, 0.1) is 0 Å². The summed E-state index contributed by atoms with van der Waals surface area (Å²) in [6, 6.07) is 5.42. The van der Waals surface area contributed by atoms with Crippen molar-refractivity contribution in [2.75, 3.05) is 21.6 Å². The molecule has 27 heavy (non-hydrogen) atoms. The minimum Gasteiger partial charge on any atom is -0.299 e. The highest BCUT2D eigenvalue weighted by atomic mass is 35.5. The number of sulfonamides is 1. The zero-order valence-electron chi connectivity index (χ0n) is 14.8. The van der Waals surface area contributed by atoms with Crippen LogP contribution in [0.3, 0.4) is 0 Å². The van der Waals surface area contributed by atoms with Gasteiger partial charge in [-0.15, -0.1) is 16.8 Å². The van der Waals surface area contributed by atoms with Gasteiger partial charge in [-0.3, -0.25) is 14.4 Å². The Labute approximate surface area is 171 Å². The molecule has 0 aliphatic carbocycles. The fourth-order valence-corrected chi connectivity index (χ4v) is 5.22. The molecule has 0 saturated heterocycles. The predicted molar refractivity (Wildman–Crippen MR) is 112 cm³/mol. The Kier molecular flexibility index (Phi) is 7.66. The Morgan fingerprint density at radius 2 is 2.22 bits per heavy atom. The molecule has 0 bridgehead atoms. The van der Waals surface area contributed by atoms with Gasteiger partial charge in [-0.1, -0.05) is 53.8 Å². The van der Waals surface area contributed by atoms with Crippen LogP contribution in [0.4, 0.5) is 10.8 Å². The average Bonchev–Trinajstić information content (AvgIpc) is 3.03. The van der Waals surface area contributed by atoms with Crippen molar-refractivity contribution in [3.63, 3.8) is 0 Å². The number of nitrogens with zero attached hydrogens (tertiary/aromatic N) is 3. The summed E-state index contributed by atoms with van der Waals surface area (Å²) in [5.41, 5.74) is 0.325. The number of anilines is 2. The van der Waals surface area contributed by atoms with Crippen LogP contribution in [0.25, 0.3) is 0 Å². The van der Waals surface area contributed by atoms with E-state index in [0.717, 1.165) is 10.6 Å². The first-order valence-electron chi connectivity index (χ1n) is 7.89. The van der Waals surface area contributed by atoms with Crippen molar-refractivity contribution in [1.29, 1.82) is 0 Å². The highest BCUT2D eigenvalue weighted by Crippen LogP contribution is 2.28. The standard InChI is InChI=1S/C16H19ClN4O3S3/c1-4-9-25-16-20-19-15(26-16)18-14(22)13(5-2)21(27(3,23)24)12-8-6-7-11(17)10-12/h4,6-8,10,13H,1,5,9H2,2-3H3,(H,18,19,22)/t13-/m1/s1. The molecule has 11 heteroatoms. The number of benzene rings is 1. The summed E-state index contributed by atoms with van der Waals surface area (Å²) in [5.74, 6) is 0.191. The molecule has 1 aromatic heterocycles. The fraction of sp³-hybridized carbons (Fsp3) is 0.312. The first-order chi connectivity index (χ1) is 12.8. The molecular formula is C16H19ClN4O3S3. The second kappa shape index (κ2) is 9.54. The van der Waals surface area contributed by atoms with Crippen LogP contribution in [0.1, 0.15) is 13.3 Å². The second-order valence-electron chi connectivity index (χ2n) is 5.42. The third-order valence-electron chi connectivity index (χ3n) is 3.35. The van der Waals surface area contributed by atoms with Crippen molar-refractivity contribution >= 4 is 61.4 Å². The minimum absolute atomic E-state index is 0.266. The molecule has 2 rings (SSSR count). The maximum absolute atomic E-state index is 12.8. The minimum atomic E-state index is -3.72. The number of hydrogen-bond donors (Lipinski definition) is 1. The van der Waals surface area contributed by atoms with Crippen molar-refractivity contribution in [3.05, 3.63) is 41.9 Å². The summed E-state index contributed by atoms with van der Waals surface area (Å²) in [6.45, 7) is 5.37. The first-order valence-corrected chi connectivity index (χ1v) is 11.9. The van der Waals surface area contributed by atoms with E-state index in [1.165, 1.54) is 29.2 Å². The van der Waals surface area contributed by atoms with Crippen molar-refractivity contribution in [3.8, 4) is 0 Å². The third-order valence-corrected chi connectivity index (χ3v) is 6.74. The smallest absolute Gasteiger partial charge is 0.250 e. The number of halogens is 1. The maximum Gasteiger partial charge on any atom is 0.250 e. The summed E-state index contributed by atoms with van der Waals surface area (Å²) >= 11 is 8.66. The summed E-state index contributed by atoms with van der Waals surface area (Å²) in [7, 11) is -3.72. The van der Waals surface area contributed by atoms with Crippen LogP contribution < -0.4 is 9.62 Å². The maximum atomic E-state index is 12.8. The van der Waals surface area contributed by atoms with Crippen LogP contribution in [-0.2, 0) is 14.8 Å². The Morgan fingerprint density at radius 3 is 2.81 bits per heavy atom. The molecule has 1 heterocycles. The lowest BCUT2D eigenvalue weighted by Gasteiger charge is -2.29. The van der Waals surface area contributed by atoms with Gasteiger partial charge in [0.2, 0.25) is 21.1 Å². The predicted octanol–water partition coefficient (Wildman–Crippen LogP) is 3.65. The Morgan fingerprint density at radius 1 is 1.48 bits per heavy atom. The largest absolute Gasteiger partial charge is 0.299 e. The van der Waals surface area contributed by atoms with Crippen molar-refractivity contribution < 1.29 is 13.2 Å². The van der Waals surface area contributed by atoms with Gasteiger partial charge in [0.15, 0.2) is 4.34 Å². The van der Waals surface area contributed by atoms with Gasteiger partial charge in [-0.2, -0.15) is 0 Å². The highest BCUT2D eigenvalue weighted by Gasteiger charge is 2.32. The van der Waals surface area contributed by atoms with Crippen LogP contribution in [0.2, 0.25) is 5.02 Å². The van der Waals surface area contributed by atoms with E-state index in [-0.39, 0.29) is 6.42 Å². The molecule has 1 aromatic carbocycles. The van der Waals surface area contributed by atoms with Crippen molar-refractivity contribution in [2.45, 2.75) is 23.7 Å². The number of carbonyl (C=O) groups is 1. The Bertz CT molecular complexity index is 917. The zero-order chi connectivity index (χ0) is 20.0. The van der Waals surface area contributed by atoms with E-state index in [2.05, 4.69) is 22.1 Å². The molecule has 2 aromatic rings. The molecule has 0 unspecified atom stereocenters. The molecule has 0 aliphatic heterocycles. The normalized spacial score (nSPS) is 12.4. The molecule has 0 radical (unpaired) electrons. The summed E-state index contributed by atoms with van der Waals surface area (Å²) in [6.07, 6.45) is 3.06. The lowest BCUT2D eigenvalue weighted by Crippen LogP contribution is -2.47. The highest BCUT2D eigenvalue weighted by molar-refractivity contribution is 8.01. The van der Waals surface area contributed by atoms with Crippen LogP contribution in [-0.4, -0.2) is 42.6 Å². The van der Waals surface area contributed by atoms with Gasteiger partial charge in [0.05, 0.1) is 11.9 Å². The number of rotatable bonds is 9. The molecule has 146 valence electrons. The van der Waals surface area contributed by atoms with Gasteiger partial charge in [-0.25, -0.2) is 8.42 Å². The number of carbonyl (C=O) groups excluding carboxylic acids is 1. The van der Waals surface area contributed by atoms with E-state index >= 15 is 0 Å². The quantitative estimate of drug-likeness (QED) is 0.359. The number of amides is 1. The first kappa shape index (κ1) is 21.7. The van der Waals surface area contributed by atoms with Crippen LogP contribution >= 0.6 is 34.7 Å². The van der Waals surface area contributed by atoms with E-state index in [9.17, 15) is 13.2 Å². The molecule has 0 saturated carbocycles. The monoisotopic (exact) mass is 446 g/mol. The number of hydrogen-bond acceptors (Lipinski definition) is 7. The van der Waals surface area contributed by atoms with Gasteiger partial charge >= 0.3 is 0 Å². The van der Waals surface area contributed by atoms with Crippen LogP contribution in [0.15, 0.2) is 41.3 Å². The molecule has 0 spiro atoms. The van der Waals surface area contributed by atoms with Gasteiger partial charge in [0.25, 0.3) is 0 Å². The van der Waals surface area contributed by atoms with Crippen LogP contribution in [0.5, 0.6) is 0 Å². The third kappa shape index (κ3) is 5.93. The van der Waals surface area contributed by atoms with Crippen molar-refractivity contribution in [1.82, 2.24) is 10.2 Å². The Balaban J connectivity index is 2.26. The molecule has 1 atom stereocenters.